The lowest BCUT2D eigenvalue weighted by Gasteiger charge is -2.08. The van der Waals surface area contributed by atoms with Crippen molar-refractivity contribution in [2.45, 2.75) is 26.3 Å². The van der Waals surface area contributed by atoms with E-state index in [1.807, 2.05) is 18.2 Å². The molecule has 0 spiro atoms. The molecule has 3 aromatic rings. The van der Waals surface area contributed by atoms with Gasteiger partial charge in [-0.25, -0.2) is 4.79 Å². The number of carbonyl (C=O) groups is 1. The Balaban J connectivity index is 1.79. The highest BCUT2D eigenvalue weighted by Gasteiger charge is 2.05. The molecule has 4 heteroatoms. The fourth-order valence-electron chi connectivity index (χ4n) is 2.91. The number of hydrogen-bond acceptors (Lipinski definition) is 1. The lowest BCUT2D eigenvalue weighted by Crippen LogP contribution is -2.24. The molecule has 0 aliphatic rings. The highest BCUT2D eigenvalue weighted by molar-refractivity contribution is 5.92. The van der Waals surface area contributed by atoms with Crippen molar-refractivity contribution < 1.29 is 4.79 Å². The van der Waals surface area contributed by atoms with Gasteiger partial charge in [-0.05, 0) is 41.8 Å². The molecule has 0 unspecified atom stereocenters. The maximum atomic E-state index is 11.4. The van der Waals surface area contributed by atoms with Crippen LogP contribution in [0.4, 0.5) is 10.5 Å². The van der Waals surface area contributed by atoms with Crippen LogP contribution in [0, 0.1) is 0 Å². The second-order valence-electron chi connectivity index (χ2n) is 5.99. The zero-order valence-corrected chi connectivity index (χ0v) is 14.2. The van der Waals surface area contributed by atoms with E-state index in [9.17, 15) is 4.79 Å². The summed E-state index contributed by atoms with van der Waals surface area (Å²) >= 11 is 0. The van der Waals surface area contributed by atoms with Crippen LogP contribution in [0.1, 0.15) is 24.5 Å². The number of rotatable bonds is 5. The number of urea groups is 1. The zero-order valence-electron chi connectivity index (χ0n) is 14.2. The van der Waals surface area contributed by atoms with Crippen LogP contribution < -0.4 is 10.6 Å². The summed E-state index contributed by atoms with van der Waals surface area (Å²) in [7, 11) is 1.61. The molecule has 0 saturated carbocycles. The monoisotopic (exact) mass is 321 g/mol. The molecular weight excluding hydrogens is 298 g/mol. The van der Waals surface area contributed by atoms with E-state index < -0.39 is 0 Å². The molecule has 0 bridgehead atoms. The maximum absolute atomic E-state index is 11.4. The minimum absolute atomic E-state index is 0.207. The van der Waals surface area contributed by atoms with Gasteiger partial charge >= 0.3 is 6.03 Å². The first-order valence-corrected chi connectivity index (χ1v) is 8.35. The highest BCUT2D eigenvalue weighted by atomic mass is 16.2. The number of carbonyl (C=O) groups excluding carboxylic acids is 1. The Morgan fingerprint density at radius 1 is 1.04 bits per heavy atom. The number of nitrogens with one attached hydrogen (secondary N) is 2. The second-order valence-corrected chi connectivity index (χ2v) is 5.99. The lowest BCUT2D eigenvalue weighted by atomic mass is 10.1. The molecule has 0 aliphatic heterocycles. The fraction of sp³-hybridized carbons (Fsp3) is 0.250. The molecule has 0 saturated heterocycles. The van der Waals surface area contributed by atoms with E-state index in [0.29, 0.717) is 0 Å². The van der Waals surface area contributed by atoms with Crippen LogP contribution in [0.15, 0.2) is 54.7 Å². The summed E-state index contributed by atoms with van der Waals surface area (Å²) in [6.07, 6.45) is 4.40. The predicted molar refractivity (Wildman–Crippen MR) is 99.6 cm³/mol. The summed E-state index contributed by atoms with van der Waals surface area (Å²) in [5, 5.41) is 6.48. The number of nitrogens with zero attached hydrogens (tertiary/aromatic N) is 1. The van der Waals surface area contributed by atoms with Crippen LogP contribution in [-0.4, -0.2) is 17.6 Å². The molecule has 0 atom stereocenters. The number of aryl methyl sites for hydroxylation is 1. The summed E-state index contributed by atoms with van der Waals surface area (Å²) in [5.74, 6) is 0. The number of anilines is 1. The quantitative estimate of drug-likeness (QED) is 0.719. The number of hydrogen-bond donors (Lipinski definition) is 2. The van der Waals surface area contributed by atoms with E-state index in [1.54, 1.807) is 7.05 Å². The summed E-state index contributed by atoms with van der Waals surface area (Å²) in [4.78, 5) is 11.4. The predicted octanol–water partition coefficient (Wildman–Crippen LogP) is 4.39. The van der Waals surface area contributed by atoms with Crippen LogP contribution in [0.3, 0.4) is 0 Å². The van der Waals surface area contributed by atoms with E-state index in [2.05, 4.69) is 58.7 Å². The highest BCUT2D eigenvalue weighted by Crippen LogP contribution is 2.21. The van der Waals surface area contributed by atoms with Crippen LogP contribution in [0.5, 0.6) is 0 Å². The van der Waals surface area contributed by atoms with Gasteiger partial charge in [0.05, 0.1) is 0 Å². The first-order chi connectivity index (χ1) is 11.7. The normalized spacial score (nSPS) is 10.8. The van der Waals surface area contributed by atoms with Crippen molar-refractivity contribution >= 4 is 22.6 Å². The van der Waals surface area contributed by atoms with Crippen molar-refractivity contribution in [1.29, 1.82) is 0 Å². The third kappa shape index (κ3) is 3.59. The van der Waals surface area contributed by atoms with Crippen LogP contribution in [0.25, 0.3) is 10.9 Å². The first kappa shape index (κ1) is 16.1. The van der Waals surface area contributed by atoms with Crippen LogP contribution >= 0.6 is 0 Å². The molecule has 24 heavy (non-hydrogen) atoms. The average Bonchev–Trinajstić information content (AvgIpc) is 2.99. The topological polar surface area (TPSA) is 46.1 Å². The van der Waals surface area contributed by atoms with E-state index >= 15 is 0 Å². The number of benzene rings is 2. The van der Waals surface area contributed by atoms with Gasteiger partial charge in [-0.1, -0.05) is 37.6 Å². The second kappa shape index (κ2) is 7.21. The van der Waals surface area contributed by atoms with Gasteiger partial charge in [0.2, 0.25) is 0 Å². The standard InChI is InChI=1S/C20H23N3O/c1-3-4-15-5-7-16(8-6-15)14-23-12-11-17-13-18(9-10-19(17)23)22-20(24)21-2/h5-13H,3-4,14H2,1-2H3,(H2,21,22,24). The minimum atomic E-state index is -0.207. The van der Waals surface area contributed by atoms with Gasteiger partial charge in [0.25, 0.3) is 0 Å². The van der Waals surface area contributed by atoms with Crippen LogP contribution in [0.2, 0.25) is 0 Å². The SMILES string of the molecule is CCCc1ccc(Cn2ccc3cc(NC(=O)NC)ccc32)cc1. The smallest absolute Gasteiger partial charge is 0.318 e. The van der Waals surface area contributed by atoms with Gasteiger partial charge in [0, 0.05) is 36.4 Å². The first-order valence-electron chi connectivity index (χ1n) is 8.35. The van der Waals surface area contributed by atoms with Crippen molar-refractivity contribution in [2.75, 3.05) is 12.4 Å². The molecule has 124 valence electrons. The Kier molecular flexibility index (Phi) is 4.85. The number of amides is 2. The van der Waals surface area contributed by atoms with E-state index in [0.717, 1.165) is 29.6 Å². The molecule has 1 aromatic heterocycles. The zero-order chi connectivity index (χ0) is 16.9. The fourth-order valence-corrected chi connectivity index (χ4v) is 2.91. The molecule has 0 aliphatic carbocycles. The molecule has 1 heterocycles. The van der Waals surface area contributed by atoms with Crippen molar-refractivity contribution in [1.82, 2.24) is 9.88 Å². The third-order valence-electron chi connectivity index (χ3n) is 4.17. The Labute approximate surface area is 142 Å². The summed E-state index contributed by atoms with van der Waals surface area (Å²) in [6, 6.07) is 16.7. The van der Waals surface area contributed by atoms with Gasteiger partial charge in [-0.3, -0.25) is 0 Å². The van der Waals surface area contributed by atoms with Crippen molar-refractivity contribution in [2.24, 2.45) is 0 Å². The van der Waals surface area contributed by atoms with Gasteiger partial charge in [-0.15, -0.1) is 0 Å². The molecular formula is C20H23N3O. The van der Waals surface area contributed by atoms with Crippen molar-refractivity contribution in [3.8, 4) is 0 Å². The Morgan fingerprint density at radius 3 is 2.50 bits per heavy atom. The van der Waals surface area contributed by atoms with E-state index in [-0.39, 0.29) is 6.03 Å². The molecule has 0 fully saturated rings. The van der Waals surface area contributed by atoms with Gasteiger partial charge in [-0.2, -0.15) is 0 Å². The minimum Gasteiger partial charge on any atom is -0.343 e. The molecule has 0 radical (unpaired) electrons. The van der Waals surface area contributed by atoms with Crippen molar-refractivity contribution in [3.05, 3.63) is 65.9 Å². The van der Waals surface area contributed by atoms with E-state index in [4.69, 9.17) is 0 Å². The Hall–Kier alpha value is -2.75. The van der Waals surface area contributed by atoms with Crippen LogP contribution in [-0.2, 0) is 13.0 Å². The number of fused-ring (bicyclic) bond motifs is 1. The average molecular weight is 321 g/mol. The summed E-state index contributed by atoms with van der Waals surface area (Å²) in [5.41, 5.74) is 4.64. The van der Waals surface area contributed by atoms with E-state index in [1.165, 1.54) is 17.5 Å². The lowest BCUT2D eigenvalue weighted by molar-refractivity contribution is 0.254. The molecule has 2 aromatic carbocycles. The summed E-state index contributed by atoms with van der Waals surface area (Å²) < 4.78 is 2.23. The van der Waals surface area contributed by atoms with Crippen molar-refractivity contribution in [3.63, 3.8) is 0 Å². The van der Waals surface area contributed by atoms with Gasteiger partial charge < -0.3 is 15.2 Å². The molecule has 3 rings (SSSR count). The van der Waals surface area contributed by atoms with Gasteiger partial charge in [0.1, 0.15) is 0 Å². The third-order valence-corrected chi connectivity index (χ3v) is 4.17. The molecule has 2 N–H and O–H groups in total. The largest absolute Gasteiger partial charge is 0.343 e. The Morgan fingerprint density at radius 2 is 1.79 bits per heavy atom. The maximum Gasteiger partial charge on any atom is 0.318 e. The number of aromatic nitrogens is 1. The van der Waals surface area contributed by atoms with Gasteiger partial charge in [0.15, 0.2) is 0 Å². The molecule has 2 amide bonds. The Bertz CT molecular complexity index is 834. The summed E-state index contributed by atoms with van der Waals surface area (Å²) in [6.45, 7) is 3.05. The molecule has 4 nitrogen and oxygen atoms in total.